The fraction of sp³-hybridized carbons (Fsp3) is 0.0714. The molecule has 0 aliphatic heterocycles. The number of hydrogen-bond donors (Lipinski definition) is 1. The molecule has 6 nitrogen and oxygen atoms in total. The molecule has 8 heteroatoms. The molecule has 1 amide bonds. The predicted octanol–water partition coefficient (Wildman–Crippen LogP) is 2.15. The predicted molar refractivity (Wildman–Crippen MR) is 78.5 cm³/mol. The summed E-state index contributed by atoms with van der Waals surface area (Å²) < 4.78 is 19.8. The largest absolute Gasteiger partial charge is 0.487 e. The van der Waals surface area contributed by atoms with Crippen LogP contribution in [-0.4, -0.2) is 20.9 Å². The van der Waals surface area contributed by atoms with E-state index in [1.54, 1.807) is 17.6 Å². The van der Waals surface area contributed by atoms with Crippen molar-refractivity contribution < 1.29 is 13.9 Å². The fourth-order valence-corrected chi connectivity index (χ4v) is 2.57. The van der Waals surface area contributed by atoms with Crippen LogP contribution in [-0.2, 0) is 6.61 Å². The van der Waals surface area contributed by atoms with E-state index in [1.165, 1.54) is 40.3 Å². The topological polar surface area (TPSA) is 83.0 Å². The number of nitrogens with two attached hydrogens (primary N) is 1. The number of benzene rings is 1. The average molecular weight is 318 g/mol. The average Bonchev–Trinajstić information content (AvgIpc) is 3.15. The maximum Gasteiger partial charge on any atom is 0.260 e. The molecule has 22 heavy (non-hydrogen) atoms. The van der Waals surface area contributed by atoms with Gasteiger partial charge < -0.3 is 10.5 Å². The summed E-state index contributed by atoms with van der Waals surface area (Å²) in [6, 6.07) is 7.44. The molecule has 0 spiro atoms. The number of amides is 1. The van der Waals surface area contributed by atoms with Crippen molar-refractivity contribution in [3.63, 3.8) is 0 Å². The number of carbonyl (C=O) groups is 1. The summed E-state index contributed by atoms with van der Waals surface area (Å²) in [6.45, 7) is 0.182. The van der Waals surface area contributed by atoms with E-state index in [4.69, 9.17) is 10.5 Å². The number of nitrogens with zero attached hydrogens (tertiary/aromatic N) is 3. The van der Waals surface area contributed by atoms with Crippen LogP contribution < -0.4 is 10.5 Å². The lowest BCUT2D eigenvalue weighted by Crippen LogP contribution is -2.12. The van der Waals surface area contributed by atoms with Crippen LogP contribution in [0.3, 0.4) is 0 Å². The van der Waals surface area contributed by atoms with Gasteiger partial charge in [-0.1, -0.05) is 5.21 Å². The molecule has 0 unspecified atom stereocenters. The number of ether oxygens (including phenoxy) is 1. The van der Waals surface area contributed by atoms with Gasteiger partial charge in [-0.25, -0.2) is 9.07 Å². The Kier molecular flexibility index (Phi) is 3.84. The van der Waals surface area contributed by atoms with Gasteiger partial charge in [0.2, 0.25) is 0 Å². The molecular formula is C14H11FN4O2S. The van der Waals surface area contributed by atoms with Crippen molar-refractivity contribution in [3.05, 3.63) is 58.3 Å². The fourth-order valence-electron chi connectivity index (χ4n) is 1.84. The van der Waals surface area contributed by atoms with Crippen LogP contribution in [0.1, 0.15) is 15.4 Å². The van der Waals surface area contributed by atoms with Crippen LogP contribution in [0.2, 0.25) is 0 Å². The Labute approximate surface area is 128 Å². The highest BCUT2D eigenvalue weighted by Gasteiger charge is 2.13. The second-order valence-electron chi connectivity index (χ2n) is 4.40. The minimum absolute atomic E-state index is 0.182. The first-order valence-corrected chi connectivity index (χ1v) is 7.19. The molecule has 2 heterocycles. The van der Waals surface area contributed by atoms with Gasteiger partial charge in [-0.05, 0) is 35.7 Å². The Hall–Kier alpha value is -2.74. The van der Waals surface area contributed by atoms with Crippen LogP contribution in [0.25, 0.3) is 5.69 Å². The summed E-state index contributed by atoms with van der Waals surface area (Å²) >= 11 is 1.24. The number of halogens is 1. The number of primary amides is 1. The van der Waals surface area contributed by atoms with Gasteiger partial charge in [0.1, 0.15) is 28.7 Å². The number of carbonyl (C=O) groups excluding carboxylic acids is 1. The first-order chi connectivity index (χ1) is 10.6. The third-order valence-electron chi connectivity index (χ3n) is 2.86. The lowest BCUT2D eigenvalue weighted by molar-refractivity contribution is 0.100. The molecule has 0 saturated heterocycles. The Morgan fingerprint density at radius 3 is 2.82 bits per heavy atom. The molecule has 2 aromatic heterocycles. The third kappa shape index (κ3) is 2.96. The highest BCUT2D eigenvalue weighted by Crippen LogP contribution is 2.20. The van der Waals surface area contributed by atoms with Crippen molar-refractivity contribution in [1.29, 1.82) is 0 Å². The van der Waals surface area contributed by atoms with E-state index in [2.05, 4.69) is 10.3 Å². The Bertz CT molecular complexity index is 797. The quantitative estimate of drug-likeness (QED) is 0.781. The molecule has 2 N–H and O–H groups in total. The monoisotopic (exact) mass is 318 g/mol. The lowest BCUT2D eigenvalue weighted by atomic mass is 10.3. The Morgan fingerprint density at radius 2 is 2.09 bits per heavy atom. The van der Waals surface area contributed by atoms with Gasteiger partial charge in [0.25, 0.3) is 5.91 Å². The van der Waals surface area contributed by atoms with E-state index >= 15 is 0 Å². The minimum atomic E-state index is -0.510. The zero-order valence-electron chi connectivity index (χ0n) is 11.3. The van der Waals surface area contributed by atoms with E-state index in [1.807, 2.05) is 0 Å². The Balaban J connectivity index is 1.72. The van der Waals surface area contributed by atoms with Crippen LogP contribution in [0.15, 0.2) is 41.9 Å². The van der Waals surface area contributed by atoms with E-state index in [9.17, 15) is 9.18 Å². The number of aromatic nitrogens is 3. The molecule has 1 aromatic carbocycles. The van der Waals surface area contributed by atoms with E-state index in [-0.39, 0.29) is 12.4 Å². The number of hydrogen-bond acceptors (Lipinski definition) is 5. The highest BCUT2D eigenvalue weighted by atomic mass is 32.1. The maximum absolute atomic E-state index is 12.8. The second kappa shape index (κ2) is 5.94. The standard InChI is InChI=1S/C14H11FN4O2S/c15-9-1-3-11(4-2-9)21-8-10-7-19(18-17-10)12-5-6-22-13(12)14(16)20/h1-7H,8H2,(H2,16,20). The first-order valence-electron chi connectivity index (χ1n) is 6.31. The number of thiophene rings is 1. The summed E-state index contributed by atoms with van der Waals surface area (Å²) in [4.78, 5) is 11.7. The van der Waals surface area contributed by atoms with Gasteiger partial charge in [0.15, 0.2) is 0 Å². The van der Waals surface area contributed by atoms with E-state index in [0.717, 1.165) is 0 Å². The van der Waals surface area contributed by atoms with Crippen molar-refractivity contribution in [2.24, 2.45) is 5.73 Å². The van der Waals surface area contributed by atoms with Crippen molar-refractivity contribution in [2.75, 3.05) is 0 Å². The molecule has 0 bridgehead atoms. The zero-order valence-corrected chi connectivity index (χ0v) is 12.1. The smallest absolute Gasteiger partial charge is 0.260 e. The molecule has 0 aliphatic carbocycles. The van der Waals surface area contributed by atoms with Crippen LogP contribution in [0.5, 0.6) is 5.75 Å². The molecule has 0 saturated carbocycles. The molecule has 0 atom stereocenters. The van der Waals surface area contributed by atoms with Crippen molar-refractivity contribution >= 4 is 17.2 Å². The minimum Gasteiger partial charge on any atom is -0.487 e. The Morgan fingerprint density at radius 1 is 1.32 bits per heavy atom. The van der Waals surface area contributed by atoms with Gasteiger partial charge in [-0.15, -0.1) is 16.4 Å². The van der Waals surface area contributed by atoms with Gasteiger partial charge in [-0.2, -0.15) is 0 Å². The van der Waals surface area contributed by atoms with Gasteiger partial charge >= 0.3 is 0 Å². The summed E-state index contributed by atoms with van der Waals surface area (Å²) in [5.74, 6) is -0.302. The lowest BCUT2D eigenvalue weighted by Gasteiger charge is -2.02. The van der Waals surface area contributed by atoms with E-state index < -0.39 is 5.91 Å². The van der Waals surface area contributed by atoms with Crippen molar-refractivity contribution in [1.82, 2.24) is 15.0 Å². The SMILES string of the molecule is NC(=O)c1sccc1-n1cc(COc2ccc(F)cc2)nn1. The zero-order chi connectivity index (χ0) is 15.5. The molecule has 0 radical (unpaired) electrons. The molecule has 112 valence electrons. The first kappa shape index (κ1) is 14.2. The molecule has 0 aliphatic rings. The second-order valence-corrected chi connectivity index (χ2v) is 5.31. The molecular weight excluding hydrogens is 307 g/mol. The normalized spacial score (nSPS) is 10.6. The number of rotatable bonds is 5. The summed E-state index contributed by atoms with van der Waals surface area (Å²) in [7, 11) is 0. The maximum atomic E-state index is 12.8. The van der Waals surface area contributed by atoms with Crippen LogP contribution in [0.4, 0.5) is 4.39 Å². The highest BCUT2D eigenvalue weighted by molar-refractivity contribution is 7.12. The van der Waals surface area contributed by atoms with E-state index in [0.29, 0.717) is 22.0 Å². The molecule has 3 aromatic rings. The summed E-state index contributed by atoms with van der Waals surface area (Å²) in [6.07, 6.45) is 1.65. The third-order valence-corrected chi connectivity index (χ3v) is 3.77. The summed E-state index contributed by atoms with van der Waals surface area (Å²) in [5.41, 5.74) is 6.46. The van der Waals surface area contributed by atoms with Crippen molar-refractivity contribution in [2.45, 2.75) is 6.61 Å². The summed E-state index contributed by atoms with van der Waals surface area (Å²) in [5, 5.41) is 9.68. The molecule has 3 rings (SSSR count). The van der Waals surface area contributed by atoms with Crippen LogP contribution >= 0.6 is 11.3 Å². The van der Waals surface area contributed by atoms with Gasteiger partial charge in [0, 0.05) is 0 Å². The van der Waals surface area contributed by atoms with Gasteiger partial charge in [-0.3, -0.25) is 4.79 Å². The van der Waals surface area contributed by atoms with Gasteiger partial charge in [0.05, 0.1) is 11.9 Å². The van der Waals surface area contributed by atoms with Crippen LogP contribution in [0, 0.1) is 5.82 Å². The van der Waals surface area contributed by atoms with Crippen molar-refractivity contribution in [3.8, 4) is 11.4 Å². The molecule has 0 fully saturated rings.